The molecule has 0 heterocycles. The Kier molecular flexibility index (Phi) is 7.10. The van der Waals surface area contributed by atoms with Gasteiger partial charge in [-0.3, -0.25) is 4.99 Å². The molecule has 0 bridgehead atoms. The Morgan fingerprint density at radius 3 is 2.54 bits per heavy atom. The maximum absolute atomic E-state index is 6.08. The molecule has 1 atom stereocenters. The lowest BCUT2D eigenvalue weighted by Gasteiger charge is -2.40. The van der Waals surface area contributed by atoms with Crippen LogP contribution in [-0.4, -0.2) is 25.7 Å². The average Bonchev–Trinajstić information content (AvgIpc) is 2.56. The number of hydrogen-bond donors (Lipinski definition) is 2. The molecule has 1 saturated carbocycles. The van der Waals surface area contributed by atoms with Crippen molar-refractivity contribution < 1.29 is 4.74 Å². The smallest absolute Gasteiger partial charge is 0.193 e. The van der Waals surface area contributed by atoms with Crippen LogP contribution < -0.4 is 11.1 Å². The number of nitrogens with two attached hydrogens (primary N) is 1. The van der Waals surface area contributed by atoms with Gasteiger partial charge in [-0.05, 0) is 61.6 Å². The molecular weight excluding hydrogens is 298 g/mol. The first kappa shape index (κ1) is 18.8. The van der Waals surface area contributed by atoms with E-state index in [9.17, 15) is 0 Å². The van der Waals surface area contributed by atoms with Gasteiger partial charge in [0.15, 0.2) is 5.96 Å². The van der Waals surface area contributed by atoms with E-state index in [1.165, 1.54) is 24.8 Å². The van der Waals surface area contributed by atoms with Gasteiger partial charge in [-0.1, -0.05) is 32.4 Å². The minimum absolute atomic E-state index is 0.307. The molecule has 4 heteroatoms. The van der Waals surface area contributed by atoms with Crippen LogP contribution in [0.4, 0.5) is 5.69 Å². The van der Waals surface area contributed by atoms with Gasteiger partial charge in [0.05, 0.1) is 0 Å². The highest BCUT2D eigenvalue weighted by Gasteiger charge is 2.36. The van der Waals surface area contributed by atoms with E-state index >= 15 is 0 Å². The highest BCUT2D eigenvalue weighted by molar-refractivity contribution is 5.92. The Bertz CT molecular complexity index is 520. The van der Waals surface area contributed by atoms with E-state index in [1.54, 1.807) is 0 Å². The average molecular weight is 332 g/mol. The normalized spacial score (nSPS) is 18.0. The third-order valence-corrected chi connectivity index (χ3v) is 5.34. The summed E-state index contributed by atoms with van der Waals surface area (Å²) in [6, 6.07) is 8.49. The van der Waals surface area contributed by atoms with Crippen LogP contribution >= 0.6 is 0 Å². The Balaban J connectivity index is 1.86. The SMILES string of the molecule is CCOCCC1(CN=C(N)Nc2ccc(C(C)CC)cc2)CCC1. The molecular formula is C20H33N3O. The van der Waals surface area contributed by atoms with Crippen LogP contribution in [0, 0.1) is 5.41 Å². The largest absolute Gasteiger partial charge is 0.382 e. The van der Waals surface area contributed by atoms with Crippen molar-refractivity contribution in [3.63, 3.8) is 0 Å². The van der Waals surface area contributed by atoms with Gasteiger partial charge >= 0.3 is 0 Å². The van der Waals surface area contributed by atoms with Crippen molar-refractivity contribution in [1.29, 1.82) is 0 Å². The Morgan fingerprint density at radius 1 is 1.29 bits per heavy atom. The molecule has 1 aliphatic rings. The van der Waals surface area contributed by atoms with E-state index in [2.05, 4.69) is 48.4 Å². The first-order valence-corrected chi connectivity index (χ1v) is 9.33. The molecule has 2 rings (SSSR count). The Morgan fingerprint density at radius 2 is 2.00 bits per heavy atom. The molecule has 24 heavy (non-hydrogen) atoms. The molecule has 0 aliphatic heterocycles. The second-order valence-electron chi connectivity index (χ2n) is 7.06. The summed E-state index contributed by atoms with van der Waals surface area (Å²) in [7, 11) is 0. The maximum Gasteiger partial charge on any atom is 0.193 e. The van der Waals surface area contributed by atoms with Crippen molar-refractivity contribution in [2.45, 2.75) is 58.8 Å². The molecule has 1 aromatic rings. The van der Waals surface area contributed by atoms with Crippen LogP contribution in [0.2, 0.25) is 0 Å². The summed E-state index contributed by atoms with van der Waals surface area (Å²) < 4.78 is 5.51. The molecule has 1 unspecified atom stereocenters. The molecule has 0 radical (unpaired) electrons. The zero-order valence-electron chi connectivity index (χ0n) is 15.5. The van der Waals surface area contributed by atoms with E-state index in [4.69, 9.17) is 10.5 Å². The highest BCUT2D eigenvalue weighted by atomic mass is 16.5. The summed E-state index contributed by atoms with van der Waals surface area (Å²) in [6.45, 7) is 8.91. The topological polar surface area (TPSA) is 59.6 Å². The fourth-order valence-corrected chi connectivity index (χ4v) is 3.17. The van der Waals surface area contributed by atoms with Gasteiger partial charge < -0.3 is 15.8 Å². The van der Waals surface area contributed by atoms with E-state index in [0.29, 0.717) is 17.3 Å². The summed E-state index contributed by atoms with van der Waals surface area (Å²) in [6.07, 6.45) is 6.01. The van der Waals surface area contributed by atoms with Gasteiger partial charge in [0.1, 0.15) is 0 Å². The Labute approximate surface area is 146 Å². The van der Waals surface area contributed by atoms with E-state index in [1.807, 2.05) is 6.92 Å². The lowest BCUT2D eigenvalue weighted by atomic mass is 9.67. The molecule has 134 valence electrons. The van der Waals surface area contributed by atoms with Crippen LogP contribution in [0.1, 0.15) is 64.4 Å². The van der Waals surface area contributed by atoms with Crippen LogP contribution in [0.3, 0.4) is 0 Å². The lowest BCUT2D eigenvalue weighted by Crippen LogP contribution is -2.35. The van der Waals surface area contributed by atoms with Crippen molar-refractivity contribution >= 4 is 11.6 Å². The van der Waals surface area contributed by atoms with Crippen molar-refractivity contribution in [2.24, 2.45) is 16.1 Å². The highest BCUT2D eigenvalue weighted by Crippen LogP contribution is 2.44. The first-order chi connectivity index (χ1) is 11.6. The number of nitrogens with one attached hydrogen (secondary N) is 1. The number of rotatable bonds is 9. The molecule has 3 N–H and O–H groups in total. The summed E-state index contributed by atoms with van der Waals surface area (Å²) in [4.78, 5) is 4.59. The van der Waals surface area contributed by atoms with Gasteiger partial charge in [-0.25, -0.2) is 0 Å². The summed E-state index contributed by atoms with van der Waals surface area (Å²) in [5.74, 6) is 1.10. The molecule has 0 saturated heterocycles. The van der Waals surface area contributed by atoms with Gasteiger partial charge in [-0.15, -0.1) is 0 Å². The van der Waals surface area contributed by atoms with Crippen LogP contribution in [0.15, 0.2) is 29.3 Å². The zero-order valence-corrected chi connectivity index (χ0v) is 15.5. The van der Waals surface area contributed by atoms with Gasteiger partial charge in [0.25, 0.3) is 0 Å². The fourth-order valence-electron chi connectivity index (χ4n) is 3.17. The number of hydrogen-bond acceptors (Lipinski definition) is 2. The summed E-state index contributed by atoms with van der Waals surface area (Å²) in [5.41, 5.74) is 8.75. The minimum atomic E-state index is 0.307. The van der Waals surface area contributed by atoms with Crippen molar-refractivity contribution in [3.8, 4) is 0 Å². The number of guanidine groups is 1. The van der Waals surface area contributed by atoms with Crippen LogP contribution in [0.25, 0.3) is 0 Å². The number of anilines is 1. The quantitative estimate of drug-likeness (QED) is 0.397. The van der Waals surface area contributed by atoms with Crippen molar-refractivity contribution in [1.82, 2.24) is 0 Å². The van der Waals surface area contributed by atoms with Crippen molar-refractivity contribution in [2.75, 3.05) is 25.1 Å². The summed E-state index contributed by atoms with van der Waals surface area (Å²) >= 11 is 0. The van der Waals surface area contributed by atoms with E-state index < -0.39 is 0 Å². The van der Waals surface area contributed by atoms with Crippen LogP contribution in [-0.2, 0) is 4.74 Å². The van der Waals surface area contributed by atoms with Crippen LogP contribution in [0.5, 0.6) is 0 Å². The minimum Gasteiger partial charge on any atom is -0.382 e. The molecule has 0 amide bonds. The molecule has 0 aromatic heterocycles. The fraction of sp³-hybridized carbons (Fsp3) is 0.650. The standard InChI is InChI=1S/C20H33N3O/c1-4-16(3)17-7-9-18(10-8-17)23-19(21)22-15-20(11-6-12-20)13-14-24-5-2/h7-10,16H,4-6,11-15H2,1-3H3,(H3,21,22,23). The Hall–Kier alpha value is -1.55. The monoisotopic (exact) mass is 331 g/mol. The number of nitrogens with zero attached hydrogens (tertiary/aromatic N) is 1. The van der Waals surface area contributed by atoms with Gasteiger partial charge in [0, 0.05) is 25.4 Å². The number of benzene rings is 1. The predicted octanol–water partition coefficient (Wildman–Crippen LogP) is 4.52. The van der Waals surface area contributed by atoms with Gasteiger partial charge in [-0.2, -0.15) is 0 Å². The zero-order chi connectivity index (χ0) is 17.4. The van der Waals surface area contributed by atoms with Gasteiger partial charge in [0.2, 0.25) is 0 Å². The number of aliphatic imine (C=N–C) groups is 1. The summed E-state index contributed by atoms with van der Waals surface area (Å²) in [5, 5.41) is 3.21. The lowest BCUT2D eigenvalue weighted by molar-refractivity contribution is 0.0610. The predicted molar refractivity (Wildman–Crippen MR) is 103 cm³/mol. The molecule has 1 fully saturated rings. The maximum atomic E-state index is 6.08. The third kappa shape index (κ3) is 5.23. The molecule has 0 spiro atoms. The van der Waals surface area contributed by atoms with E-state index in [-0.39, 0.29) is 0 Å². The molecule has 4 nitrogen and oxygen atoms in total. The second kappa shape index (κ2) is 9.07. The molecule has 1 aromatic carbocycles. The van der Waals surface area contributed by atoms with E-state index in [0.717, 1.165) is 38.3 Å². The number of ether oxygens (including phenoxy) is 1. The second-order valence-corrected chi connectivity index (χ2v) is 7.06. The first-order valence-electron chi connectivity index (χ1n) is 9.33. The van der Waals surface area contributed by atoms with Crippen molar-refractivity contribution in [3.05, 3.63) is 29.8 Å². The molecule has 1 aliphatic carbocycles. The third-order valence-electron chi connectivity index (χ3n) is 5.34.